The minimum Gasteiger partial charge on any atom is -0.495 e. The number of benzene rings is 2. The zero-order chi connectivity index (χ0) is 21.6. The van der Waals surface area contributed by atoms with E-state index in [0.717, 1.165) is 16.7 Å². The van der Waals surface area contributed by atoms with E-state index in [4.69, 9.17) is 9.47 Å². The molecule has 2 rings (SSSR count). The van der Waals surface area contributed by atoms with Crippen molar-refractivity contribution >= 4 is 23.5 Å². The van der Waals surface area contributed by atoms with Gasteiger partial charge < -0.3 is 20.1 Å². The normalized spacial score (nSPS) is 11.3. The van der Waals surface area contributed by atoms with Gasteiger partial charge in [0.15, 0.2) is 6.10 Å². The van der Waals surface area contributed by atoms with Crippen LogP contribution in [0.25, 0.3) is 0 Å². The maximum Gasteiger partial charge on any atom is 0.326 e. The van der Waals surface area contributed by atoms with Crippen LogP contribution in [0.15, 0.2) is 36.4 Å². The highest BCUT2D eigenvalue weighted by Crippen LogP contribution is 2.25. The van der Waals surface area contributed by atoms with Gasteiger partial charge in [-0.05, 0) is 68.7 Å². The van der Waals surface area contributed by atoms with E-state index >= 15 is 0 Å². The van der Waals surface area contributed by atoms with Gasteiger partial charge in [0.2, 0.25) is 0 Å². The summed E-state index contributed by atoms with van der Waals surface area (Å²) >= 11 is 0. The molecule has 0 aromatic heterocycles. The van der Waals surface area contributed by atoms with Gasteiger partial charge in [-0.2, -0.15) is 0 Å². The number of rotatable bonds is 7. The van der Waals surface area contributed by atoms with Crippen molar-refractivity contribution in [3.05, 3.63) is 58.7 Å². The molecule has 7 nitrogen and oxygen atoms in total. The smallest absolute Gasteiger partial charge is 0.326 e. The lowest BCUT2D eigenvalue weighted by Crippen LogP contribution is -2.35. The van der Waals surface area contributed by atoms with Gasteiger partial charge >= 0.3 is 5.97 Å². The molecule has 0 saturated carbocycles. The van der Waals surface area contributed by atoms with Gasteiger partial charge in [0, 0.05) is 5.56 Å². The van der Waals surface area contributed by atoms with E-state index in [1.807, 2.05) is 32.9 Å². The van der Waals surface area contributed by atoms with E-state index in [9.17, 15) is 14.4 Å². The molecule has 7 heteroatoms. The Morgan fingerprint density at radius 2 is 1.72 bits per heavy atom. The second-order valence-corrected chi connectivity index (χ2v) is 6.81. The van der Waals surface area contributed by atoms with Gasteiger partial charge in [0.05, 0.1) is 12.8 Å². The van der Waals surface area contributed by atoms with E-state index < -0.39 is 18.0 Å². The topological polar surface area (TPSA) is 93.7 Å². The Kier molecular flexibility index (Phi) is 7.36. The van der Waals surface area contributed by atoms with Crippen LogP contribution in [0.3, 0.4) is 0 Å². The Balaban J connectivity index is 1.88. The van der Waals surface area contributed by atoms with Crippen molar-refractivity contribution in [1.82, 2.24) is 5.32 Å². The molecule has 0 saturated heterocycles. The molecule has 154 valence electrons. The number of carbonyl (C=O) groups is 3. The molecular formula is C22H26N2O5. The summed E-state index contributed by atoms with van der Waals surface area (Å²) in [4.78, 5) is 36.5. The highest BCUT2D eigenvalue weighted by Gasteiger charge is 2.20. The van der Waals surface area contributed by atoms with Crippen LogP contribution in [-0.2, 0) is 14.3 Å². The van der Waals surface area contributed by atoms with E-state index in [-0.39, 0.29) is 12.5 Å². The van der Waals surface area contributed by atoms with Crippen molar-refractivity contribution in [2.75, 3.05) is 19.0 Å². The lowest BCUT2D eigenvalue weighted by molar-refractivity contribution is -0.152. The molecule has 2 amide bonds. The van der Waals surface area contributed by atoms with Crippen LogP contribution in [0, 0.1) is 20.8 Å². The number of ether oxygens (including phenoxy) is 2. The van der Waals surface area contributed by atoms with Crippen LogP contribution in [0.4, 0.5) is 5.69 Å². The number of hydrogen-bond acceptors (Lipinski definition) is 5. The zero-order valence-electron chi connectivity index (χ0n) is 17.3. The largest absolute Gasteiger partial charge is 0.495 e. The fraction of sp³-hybridized carbons (Fsp3) is 0.318. The number of anilines is 1. The van der Waals surface area contributed by atoms with Crippen LogP contribution in [0.5, 0.6) is 5.75 Å². The van der Waals surface area contributed by atoms with Gasteiger partial charge in [-0.1, -0.05) is 12.1 Å². The molecule has 0 heterocycles. The van der Waals surface area contributed by atoms with Gasteiger partial charge in [0.25, 0.3) is 11.8 Å². The molecule has 2 aromatic carbocycles. The summed E-state index contributed by atoms with van der Waals surface area (Å²) in [5.41, 5.74) is 3.95. The van der Waals surface area contributed by atoms with Crippen molar-refractivity contribution < 1.29 is 23.9 Å². The SMILES string of the molecule is COc1ccc(C)cc1NC(=O)[C@@H](C)OC(=O)CNC(=O)c1ccc(C)c(C)c1. The number of hydrogen-bond donors (Lipinski definition) is 2. The first-order valence-electron chi connectivity index (χ1n) is 9.21. The summed E-state index contributed by atoms with van der Waals surface area (Å²) in [6.07, 6.45) is -1.04. The first-order chi connectivity index (χ1) is 13.7. The Labute approximate surface area is 170 Å². The second kappa shape index (κ2) is 9.73. The lowest BCUT2D eigenvalue weighted by atomic mass is 10.1. The summed E-state index contributed by atoms with van der Waals surface area (Å²) in [5.74, 6) is -1.08. The highest BCUT2D eigenvalue weighted by atomic mass is 16.5. The molecule has 29 heavy (non-hydrogen) atoms. The summed E-state index contributed by atoms with van der Waals surface area (Å²) in [6.45, 7) is 6.87. The minimum absolute atomic E-state index is 0.336. The first-order valence-corrected chi connectivity index (χ1v) is 9.21. The molecular weight excluding hydrogens is 372 g/mol. The lowest BCUT2D eigenvalue weighted by Gasteiger charge is -2.16. The van der Waals surface area contributed by atoms with Crippen molar-refractivity contribution in [2.45, 2.75) is 33.8 Å². The summed E-state index contributed by atoms with van der Waals surface area (Å²) in [5, 5.41) is 5.18. The molecule has 0 spiro atoms. The molecule has 0 aliphatic rings. The maximum atomic E-state index is 12.3. The number of amides is 2. The van der Waals surface area contributed by atoms with Crippen LogP contribution in [0.1, 0.15) is 34.0 Å². The number of methoxy groups -OCH3 is 1. The third-order valence-electron chi connectivity index (χ3n) is 4.45. The Bertz CT molecular complexity index is 923. The Hall–Kier alpha value is -3.35. The number of carbonyl (C=O) groups excluding carboxylic acids is 3. The summed E-state index contributed by atoms with van der Waals surface area (Å²) in [6, 6.07) is 10.6. The Morgan fingerprint density at radius 3 is 2.38 bits per heavy atom. The molecule has 0 unspecified atom stereocenters. The average molecular weight is 398 g/mol. The minimum atomic E-state index is -1.04. The Morgan fingerprint density at radius 1 is 1.00 bits per heavy atom. The maximum absolute atomic E-state index is 12.3. The van der Waals surface area contributed by atoms with Crippen LogP contribution in [-0.4, -0.2) is 37.5 Å². The molecule has 2 aromatic rings. The zero-order valence-corrected chi connectivity index (χ0v) is 17.3. The number of esters is 1. The summed E-state index contributed by atoms with van der Waals surface area (Å²) < 4.78 is 10.3. The van der Waals surface area contributed by atoms with E-state index in [1.54, 1.807) is 24.3 Å². The van der Waals surface area contributed by atoms with Crippen molar-refractivity contribution in [2.24, 2.45) is 0 Å². The van der Waals surface area contributed by atoms with E-state index in [0.29, 0.717) is 17.0 Å². The van der Waals surface area contributed by atoms with Crippen molar-refractivity contribution in [1.29, 1.82) is 0 Å². The molecule has 0 aliphatic heterocycles. The molecule has 1 atom stereocenters. The molecule has 0 radical (unpaired) electrons. The second-order valence-electron chi connectivity index (χ2n) is 6.81. The third kappa shape index (κ3) is 6.07. The van der Waals surface area contributed by atoms with Gasteiger partial charge in [0.1, 0.15) is 12.3 Å². The third-order valence-corrected chi connectivity index (χ3v) is 4.45. The molecule has 2 N–H and O–H groups in total. The first kappa shape index (κ1) is 21.9. The van der Waals surface area contributed by atoms with Gasteiger partial charge in [-0.15, -0.1) is 0 Å². The fourth-order valence-electron chi connectivity index (χ4n) is 2.58. The van der Waals surface area contributed by atoms with E-state index in [2.05, 4.69) is 10.6 Å². The van der Waals surface area contributed by atoms with Crippen LogP contribution < -0.4 is 15.4 Å². The molecule has 0 bridgehead atoms. The monoisotopic (exact) mass is 398 g/mol. The fourth-order valence-corrected chi connectivity index (χ4v) is 2.58. The summed E-state index contributed by atoms with van der Waals surface area (Å²) in [7, 11) is 1.50. The molecule has 0 fully saturated rings. The van der Waals surface area contributed by atoms with Crippen molar-refractivity contribution in [3.8, 4) is 5.75 Å². The van der Waals surface area contributed by atoms with Crippen LogP contribution in [0.2, 0.25) is 0 Å². The highest BCUT2D eigenvalue weighted by molar-refractivity contribution is 5.98. The predicted octanol–water partition coefficient (Wildman–Crippen LogP) is 2.92. The van der Waals surface area contributed by atoms with Gasteiger partial charge in [-0.25, -0.2) is 0 Å². The van der Waals surface area contributed by atoms with Gasteiger partial charge in [-0.3, -0.25) is 14.4 Å². The van der Waals surface area contributed by atoms with Crippen molar-refractivity contribution in [3.63, 3.8) is 0 Å². The number of aryl methyl sites for hydroxylation is 3. The standard InChI is InChI=1S/C22H26N2O5/c1-13-6-9-19(28-5)18(10-13)24-21(26)16(4)29-20(25)12-23-22(27)17-8-7-14(2)15(3)11-17/h6-11,16H,12H2,1-5H3,(H,23,27)(H,24,26)/t16-/m1/s1. The van der Waals surface area contributed by atoms with Crippen LogP contribution >= 0.6 is 0 Å². The predicted molar refractivity (Wildman–Crippen MR) is 110 cm³/mol. The average Bonchev–Trinajstić information content (AvgIpc) is 2.68. The quantitative estimate of drug-likeness (QED) is 0.700. The molecule has 0 aliphatic carbocycles. The number of nitrogens with one attached hydrogen (secondary N) is 2. The van der Waals surface area contributed by atoms with E-state index in [1.165, 1.54) is 14.0 Å².